The molecule has 0 fully saturated rings. The molecule has 0 aromatic heterocycles. The molecule has 0 aliphatic carbocycles. The topological polar surface area (TPSA) is 52.9 Å². The van der Waals surface area contributed by atoms with E-state index in [1.54, 1.807) is 13.1 Å². The molecule has 0 spiro atoms. The van der Waals surface area contributed by atoms with Gasteiger partial charge in [-0.25, -0.2) is 4.79 Å². The van der Waals surface area contributed by atoms with Crippen LogP contribution < -0.4 is 0 Å². The second kappa shape index (κ2) is 2.92. The van der Waals surface area contributed by atoms with Crippen LogP contribution in [0.4, 0.5) is 0 Å². The molecule has 1 N–H and O–H groups in total. The van der Waals surface area contributed by atoms with Gasteiger partial charge in [0.05, 0.1) is 5.03 Å². The zero-order chi connectivity index (χ0) is 9.42. The molecule has 0 saturated carbocycles. The fourth-order valence-corrected chi connectivity index (χ4v) is 2.25. The monoisotopic (exact) mass is 196 g/mol. The largest absolute Gasteiger partial charge is 0.477 e. The number of thioether (sulfide) groups is 1. The van der Waals surface area contributed by atoms with Gasteiger partial charge in [0.25, 0.3) is 0 Å². The van der Waals surface area contributed by atoms with Crippen molar-refractivity contribution in [2.75, 3.05) is 6.67 Å². The number of hydrogen-bond acceptors (Lipinski definition) is 4. The number of hydrogen-bond donors (Lipinski definition) is 1. The Morgan fingerprint density at radius 3 is 3.15 bits per heavy atom. The van der Waals surface area contributed by atoms with Crippen LogP contribution in [0, 0.1) is 0 Å². The van der Waals surface area contributed by atoms with Crippen molar-refractivity contribution in [3.8, 4) is 0 Å². The molecule has 0 amide bonds. The molecule has 0 unspecified atom stereocenters. The van der Waals surface area contributed by atoms with Crippen molar-refractivity contribution in [2.45, 2.75) is 6.92 Å². The maximum atomic E-state index is 10.8. The van der Waals surface area contributed by atoms with E-state index in [0.717, 1.165) is 10.7 Å². The second-order valence-corrected chi connectivity index (χ2v) is 3.76. The zero-order valence-electron chi connectivity index (χ0n) is 7.02. The lowest BCUT2D eigenvalue weighted by Crippen LogP contribution is -2.19. The minimum absolute atomic E-state index is 0.400. The Balaban J connectivity index is 2.35. The van der Waals surface area contributed by atoms with Gasteiger partial charge in [0.15, 0.2) is 0 Å². The molecule has 2 heterocycles. The van der Waals surface area contributed by atoms with E-state index >= 15 is 0 Å². The standard InChI is InChI=1S/C8H8N2O2S/c1-5-7(8(11)12)13-6-2-3-9-4-10(5)6/h2-3H,4H2,1H3,(H,11,12). The van der Waals surface area contributed by atoms with Crippen LogP contribution in [0.5, 0.6) is 0 Å². The highest BCUT2D eigenvalue weighted by molar-refractivity contribution is 8.07. The maximum absolute atomic E-state index is 10.8. The third-order valence-electron chi connectivity index (χ3n) is 1.95. The van der Waals surface area contributed by atoms with Crippen molar-refractivity contribution in [3.63, 3.8) is 0 Å². The van der Waals surface area contributed by atoms with E-state index in [-0.39, 0.29) is 0 Å². The number of nitrogens with zero attached hydrogens (tertiary/aromatic N) is 2. The van der Waals surface area contributed by atoms with E-state index in [2.05, 4.69) is 4.99 Å². The van der Waals surface area contributed by atoms with Crippen molar-refractivity contribution in [3.05, 3.63) is 21.7 Å². The molecule has 0 radical (unpaired) electrons. The van der Waals surface area contributed by atoms with Crippen molar-refractivity contribution in [1.82, 2.24) is 4.90 Å². The Kier molecular flexibility index (Phi) is 1.88. The van der Waals surface area contributed by atoms with Gasteiger partial charge in [-0.2, -0.15) is 0 Å². The summed E-state index contributed by atoms with van der Waals surface area (Å²) in [5.74, 6) is -0.863. The minimum Gasteiger partial charge on any atom is -0.477 e. The van der Waals surface area contributed by atoms with Crippen molar-refractivity contribution in [1.29, 1.82) is 0 Å². The van der Waals surface area contributed by atoms with Gasteiger partial charge in [0.2, 0.25) is 0 Å². The molecular weight excluding hydrogens is 188 g/mol. The summed E-state index contributed by atoms with van der Waals surface area (Å²) in [6, 6.07) is 0. The van der Waals surface area contributed by atoms with Gasteiger partial charge < -0.3 is 10.0 Å². The summed E-state index contributed by atoms with van der Waals surface area (Å²) in [7, 11) is 0. The third-order valence-corrected chi connectivity index (χ3v) is 3.19. The summed E-state index contributed by atoms with van der Waals surface area (Å²) in [5.41, 5.74) is 0.778. The average Bonchev–Trinajstić information content (AvgIpc) is 2.45. The number of allylic oxidation sites excluding steroid dienone is 2. The van der Waals surface area contributed by atoms with Crippen LogP contribution in [0.2, 0.25) is 0 Å². The molecule has 2 aliphatic rings. The number of fused-ring (bicyclic) bond motifs is 1. The highest BCUT2D eigenvalue weighted by Gasteiger charge is 2.29. The summed E-state index contributed by atoms with van der Waals surface area (Å²) >= 11 is 1.29. The first-order valence-corrected chi connectivity index (χ1v) is 4.61. The molecule has 68 valence electrons. The van der Waals surface area contributed by atoms with Gasteiger partial charge in [0.1, 0.15) is 11.6 Å². The maximum Gasteiger partial charge on any atom is 0.344 e. The van der Waals surface area contributed by atoms with E-state index in [4.69, 9.17) is 5.11 Å². The first kappa shape index (κ1) is 8.37. The quantitative estimate of drug-likeness (QED) is 0.685. The van der Waals surface area contributed by atoms with Crippen LogP contribution in [0.15, 0.2) is 26.7 Å². The summed E-state index contributed by atoms with van der Waals surface area (Å²) < 4.78 is 0. The van der Waals surface area contributed by atoms with Gasteiger partial charge in [-0.15, -0.1) is 0 Å². The number of aliphatic carboxylic acids is 1. The van der Waals surface area contributed by atoms with E-state index < -0.39 is 5.97 Å². The summed E-state index contributed by atoms with van der Waals surface area (Å²) in [5, 5.41) is 9.81. The van der Waals surface area contributed by atoms with Crippen LogP contribution in [0.25, 0.3) is 0 Å². The molecule has 0 saturated heterocycles. The summed E-state index contributed by atoms with van der Waals surface area (Å²) in [6.45, 7) is 2.33. The minimum atomic E-state index is -0.863. The molecule has 0 atom stereocenters. The van der Waals surface area contributed by atoms with Gasteiger partial charge >= 0.3 is 5.97 Å². The molecule has 2 aliphatic heterocycles. The van der Waals surface area contributed by atoms with Crippen LogP contribution in [0.1, 0.15) is 6.92 Å². The van der Waals surface area contributed by atoms with Gasteiger partial charge in [-0.05, 0) is 13.0 Å². The molecule has 2 rings (SSSR count). The lowest BCUT2D eigenvalue weighted by Gasteiger charge is -2.20. The Morgan fingerprint density at radius 2 is 2.54 bits per heavy atom. The fourth-order valence-electron chi connectivity index (χ4n) is 1.26. The van der Waals surface area contributed by atoms with Gasteiger partial charge in [0, 0.05) is 11.9 Å². The van der Waals surface area contributed by atoms with Gasteiger partial charge in [-0.3, -0.25) is 4.99 Å². The Hall–Kier alpha value is -1.23. The Labute approximate surface area is 79.6 Å². The van der Waals surface area contributed by atoms with E-state index in [1.807, 2.05) is 11.0 Å². The normalized spacial score (nSPS) is 20.4. The first-order valence-electron chi connectivity index (χ1n) is 3.80. The fraction of sp³-hybridized carbons (Fsp3) is 0.250. The average molecular weight is 196 g/mol. The van der Waals surface area contributed by atoms with Crippen molar-refractivity contribution < 1.29 is 9.90 Å². The number of carboxylic acids is 1. The summed E-state index contributed by atoms with van der Waals surface area (Å²) in [4.78, 5) is 17.1. The predicted octanol–water partition coefficient (Wildman–Crippen LogP) is 1.23. The highest BCUT2D eigenvalue weighted by Crippen LogP contribution is 2.41. The van der Waals surface area contributed by atoms with E-state index in [9.17, 15) is 4.79 Å². The Morgan fingerprint density at radius 1 is 1.77 bits per heavy atom. The molecular formula is C8H8N2O2S. The number of aliphatic imine (C=N–C) groups is 1. The second-order valence-electron chi connectivity index (χ2n) is 2.73. The third kappa shape index (κ3) is 1.25. The number of carboxylic acid groups (broad SMARTS) is 1. The SMILES string of the molecule is CC1=C(C(=O)O)SC2=CC=NCN21. The van der Waals surface area contributed by atoms with Gasteiger partial charge in [-0.1, -0.05) is 11.8 Å². The molecule has 5 heteroatoms. The van der Waals surface area contributed by atoms with E-state index in [0.29, 0.717) is 11.6 Å². The van der Waals surface area contributed by atoms with Crippen LogP contribution >= 0.6 is 11.8 Å². The molecule has 13 heavy (non-hydrogen) atoms. The highest BCUT2D eigenvalue weighted by atomic mass is 32.2. The predicted molar refractivity (Wildman–Crippen MR) is 51.2 cm³/mol. The van der Waals surface area contributed by atoms with Crippen molar-refractivity contribution >= 4 is 23.9 Å². The first-order chi connectivity index (χ1) is 6.20. The van der Waals surface area contributed by atoms with Crippen LogP contribution in [-0.4, -0.2) is 28.9 Å². The lowest BCUT2D eigenvalue weighted by atomic mass is 10.4. The molecule has 4 nitrogen and oxygen atoms in total. The Bertz CT molecular complexity index is 357. The molecule has 0 bridgehead atoms. The number of carbonyl (C=O) groups is 1. The number of rotatable bonds is 1. The molecule has 0 aromatic carbocycles. The smallest absolute Gasteiger partial charge is 0.344 e. The van der Waals surface area contributed by atoms with Crippen LogP contribution in [0.3, 0.4) is 0 Å². The van der Waals surface area contributed by atoms with Crippen molar-refractivity contribution in [2.24, 2.45) is 4.99 Å². The zero-order valence-corrected chi connectivity index (χ0v) is 7.84. The van der Waals surface area contributed by atoms with E-state index in [1.165, 1.54) is 11.8 Å². The molecule has 0 aromatic rings. The lowest BCUT2D eigenvalue weighted by molar-refractivity contribution is -0.131. The summed E-state index contributed by atoms with van der Waals surface area (Å²) in [6.07, 6.45) is 3.53. The van der Waals surface area contributed by atoms with Crippen LogP contribution in [-0.2, 0) is 4.79 Å².